The van der Waals surface area contributed by atoms with Crippen LogP contribution in [0, 0.1) is 6.92 Å². The third-order valence-electron chi connectivity index (χ3n) is 3.07. The molecule has 0 atom stereocenters. The zero-order valence-electron chi connectivity index (χ0n) is 11.3. The van der Waals surface area contributed by atoms with E-state index in [-0.39, 0.29) is 5.91 Å². The third kappa shape index (κ3) is 3.43. The van der Waals surface area contributed by atoms with Crippen LogP contribution in [-0.2, 0) is 6.54 Å². The van der Waals surface area contributed by atoms with Crippen LogP contribution in [0.1, 0.15) is 27.7 Å². The first-order valence-electron chi connectivity index (χ1n) is 6.31. The van der Waals surface area contributed by atoms with E-state index in [2.05, 4.69) is 15.9 Å². The highest BCUT2D eigenvalue weighted by Gasteiger charge is 2.18. The van der Waals surface area contributed by atoms with Gasteiger partial charge in [0.2, 0.25) is 0 Å². The van der Waals surface area contributed by atoms with E-state index in [1.807, 2.05) is 49.1 Å². The number of rotatable bonds is 4. The lowest BCUT2D eigenvalue weighted by atomic mass is 10.1. The molecule has 0 aliphatic rings. The quantitative estimate of drug-likeness (QED) is 0.728. The van der Waals surface area contributed by atoms with Gasteiger partial charge in [0.25, 0.3) is 5.91 Å². The highest BCUT2D eigenvalue weighted by Crippen LogP contribution is 2.25. The number of benzene rings is 1. The van der Waals surface area contributed by atoms with Gasteiger partial charge in [0.05, 0.1) is 16.4 Å². The molecule has 1 aromatic carbocycles. The molecular formula is C15H15BrClNOS. The van der Waals surface area contributed by atoms with Crippen molar-refractivity contribution in [2.24, 2.45) is 0 Å². The van der Waals surface area contributed by atoms with Crippen molar-refractivity contribution in [3.63, 3.8) is 0 Å². The number of thiophene rings is 1. The molecule has 2 aromatic rings. The first kappa shape index (κ1) is 15.5. The van der Waals surface area contributed by atoms with E-state index in [1.54, 1.807) is 0 Å². The van der Waals surface area contributed by atoms with Gasteiger partial charge in [0.1, 0.15) is 0 Å². The van der Waals surface area contributed by atoms with Crippen molar-refractivity contribution in [2.45, 2.75) is 20.4 Å². The summed E-state index contributed by atoms with van der Waals surface area (Å²) in [5, 5.41) is 0. The summed E-state index contributed by atoms with van der Waals surface area (Å²) in [5.41, 5.74) is 1.76. The van der Waals surface area contributed by atoms with Gasteiger partial charge in [-0.05, 0) is 53.5 Å². The summed E-state index contributed by atoms with van der Waals surface area (Å²) in [6.45, 7) is 5.22. The summed E-state index contributed by atoms with van der Waals surface area (Å²) in [6, 6.07) is 9.57. The fourth-order valence-corrected chi connectivity index (χ4v) is 3.47. The molecule has 0 saturated heterocycles. The minimum absolute atomic E-state index is 0.0348. The van der Waals surface area contributed by atoms with Gasteiger partial charge < -0.3 is 4.90 Å². The zero-order chi connectivity index (χ0) is 14.7. The Bertz CT molecular complexity index is 626. The van der Waals surface area contributed by atoms with E-state index in [9.17, 15) is 4.79 Å². The van der Waals surface area contributed by atoms with E-state index < -0.39 is 0 Å². The predicted octanol–water partition coefficient (Wildman–Crippen LogP) is 5.13. The molecule has 0 saturated carbocycles. The fourth-order valence-electron chi connectivity index (χ4n) is 1.93. The number of nitrogens with zero attached hydrogens (tertiary/aromatic N) is 1. The maximum atomic E-state index is 12.6. The largest absolute Gasteiger partial charge is 0.334 e. The standard InChI is InChI=1S/C15H15BrClNOS/c1-3-18(9-11-7-8-13(17)20-11)15(19)12-6-4-5-10(2)14(12)16/h4-8H,3,9H2,1-2H3. The smallest absolute Gasteiger partial charge is 0.255 e. The van der Waals surface area contributed by atoms with Crippen molar-refractivity contribution in [1.29, 1.82) is 0 Å². The van der Waals surface area contributed by atoms with Crippen LogP contribution < -0.4 is 0 Å². The molecule has 0 aliphatic heterocycles. The average molecular weight is 373 g/mol. The van der Waals surface area contributed by atoms with E-state index >= 15 is 0 Å². The molecule has 0 bridgehead atoms. The lowest BCUT2D eigenvalue weighted by Crippen LogP contribution is -2.30. The van der Waals surface area contributed by atoms with Crippen LogP contribution in [0.3, 0.4) is 0 Å². The highest BCUT2D eigenvalue weighted by atomic mass is 79.9. The van der Waals surface area contributed by atoms with Crippen LogP contribution in [0.25, 0.3) is 0 Å². The SMILES string of the molecule is CCN(Cc1ccc(Cl)s1)C(=O)c1cccc(C)c1Br. The van der Waals surface area contributed by atoms with Crippen molar-refractivity contribution in [1.82, 2.24) is 4.90 Å². The molecule has 0 spiro atoms. The second-order valence-corrected chi connectivity index (χ2v) is 7.05. The topological polar surface area (TPSA) is 20.3 Å². The second-order valence-electron chi connectivity index (χ2n) is 4.46. The van der Waals surface area contributed by atoms with Crippen LogP contribution in [0.2, 0.25) is 4.34 Å². The first-order valence-corrected chi connectivity index (χ1v) is 8.30. The number of carbonyl (C=O) groups is 1. The molecule has 1 aromatic heterocycles. The van der Waals surface area contributed by atoms with Crippen LogP contribution >= 0.6 is 38.9 Å². The molecular weight excluding hydrogens is 358 g/mol. The van der Waals surface area contributed by atoms with Crippen LogP contribution in [0.15, 0.2) is 34.8 Å². The molecule has 0 N–H and O–H groups in total. The Kier molecular flexibility index (Phi) is 5.24. The number of carbonyl (C=O) groups excluding carboxylic acids is 1. The molecule has 2 nitrogen and oxygen atoms in total. The molecule has 106 valence electrons. The summed E-state index contributed by atoms with van der Waals surface area (Å²) >= 11 is 11.0. The normalized spacial score (nSPS) is 10.6. The number of hydrogen-bond donors (Lipinski definition) is 0. The monoisotopic (exact) mass is 371 g/mol. The van der Waals surface area contributed by atoms with Gasteiger partial charge in [-0.3, -0.25) is 4.79 Å². The van der Waals surface area contributed by atoms with Crippen molar-refractivity contribution >= 4 is 44.8 Å². The molecule has 1 amide bonds. The maximum Gasteiger partial charge on any atom is 0.255 e. The molecule has 0 fully saturated rings. The fraction of sp³-hybridized carbons (Fsp3) is 0.267. The summed E-state index contributed by atoms with van der Waals surface area (Å²) < 4.78 is 1.62. The molecule has 5 heteroatoms. The van der Waals surface area contributed by atoms with E-state index in [0.717, 1.165) is 19.2 Å². The Labute approximate surface area is 136 Å². The van der Waals surface area contributed by atoms with Crippen molar-refractivity contribution < 1.29 is 4.79 Å². The van der Waals surface area contributed by atoms with Gasteiger partial charge in [-0.15, -0.1) is 11.3 Å². The lowest BCUT2D eigenvalue weighted by molar-refractivity contribution is 0.0753. The molecule has 0 radical (unpaired) electrons. The summed E-state index contributed by atoms with van der Waals surface area (Å²) in [7, 11) is 0. The van der Waals surface area contributed by atoms with Gasteiger partial charge in [0, 0.05) is 15.9 Å². The summed E-state index contributed by atoms with van der Waals surface area (Å²) in [4.78, 5) is 15.5. The maximum absolute atomic E-state index is 12.6. The Balaban J connectivity index is 2.23. The Hall–Kier alpha value is -0.840. The summed E-state index contributed by atoms with van der Waals surface area (Å²) in [6.07, 6.45) is 0. The molecule has 2 rings (SSSR count). The van der Waals surface area contributed by atoms with E-state index in [4.69, 9.17) is 11.6 Å². The van der Waals surface area contributed by atoms with Gasteiger partial charge >= 0.3 is 0 Å². The van der Waals surface area contributed by atoms with Gasteiger partial charge in [-0.2, -0.15) is 0 Å². The van der Waals surface area contributed by atoms with Crippen LogP contribution in [-0.4, -0.2) is 17.4 Å². The van der Waals surface area contributed by atoms with Gasteiger partial charge in [0.15, 0.2) is 0 Å². The van der Waals surface area contributed by atoms with Crippen LogP contribution in [0.5, 0.6) is 0 Å². The molecule has 0 unspecified atom stereocenters. The minimum atomic E-state index is 0.0348. The lowest BCUT2D eigenvalue weighted by Gasteiger charge is -2.21. The van der Waals surface area contributed by atoms with Gasteiger partial charge in [-0.1, -0.05) is 23.7 Å². The van der Waals surface area contributed by atoms with Crippen molar-refractivity contribution in [2.75, 3.05) is 6.54 Å². The molecule has 0 aliphatic carbocycles. The number of amides is 1. The van der Waals surface area contributed by atoms with E-state index in [1.165, 1.54) is 11.3 Å². The summed E-state index contributed by atoms with van der Waals surface area (Å²) in [5.74, 6) is 0.0348. The predicted molar refractivity (Wildman–Crippen MR) is 88.6 cm³/mol. The van der Waals surface area contributed by atoms with Gasteiger partial charge in [-0.25, -0.2) is 0 Å². The Morgan fingerprint density at radius 3 is 2.70 bits per heavy atom. The highest BCUT2D eigenvalue weighted by molar-refractivity contribution is 9.10. The zero-order valence-corrected chi connectivity index (χ0v) is 14.5. The number of hydrogen-bond acceptors (Lipinski definition) is 2. The second kappa shape index (κ2) is 6.74. The third-order valence-corrected chi connectivity index (χ3v) is 5.34. The first-order chi connectivity index (χ1) is 9.52. The number of aryl methyl sites for hydroxylation is 1. The average Bonchev–Trinajstić information content (AvgIpc) is 2.84. The van der Waals surface area contributed by atoms with Crippen molar-refractivity contribution in [3.8, 4) is 0 Å². The Morgan fingerprint density at radius 2 is 2.10 bits per heavy atom. The Morgan fingerprint density at radius 1 is 1.35 bits per heavy atom. The van der Waals surface area contributed by atoms with E-state index in [0.29, 0.717) is 18.7 Å². The number of halogens is 2. The minimum Gasteiger partial charge on any atom is -0.334 e. The molecule has 1 heterocycles. The van der Waals surface area contributed by atoms with Crippen molar-refractivity contribution in [3.05, 3.63) is 55.1 Å². The molecule has 20 heavy (non-hydrogen) atoms. The van der Waals surface area contributed by atoms with Crippen LogP contribution in [0.4, 0.5) is 0 Å².